The molecule has 140 valence electrons. The summed E-state index contributed by atoms with van der Waals surface area (Å²) in [6.45, 7) is 0. The van der Waals surface area contributed by atoms with Gasteiger partial charge in [-0.05, 0) is 29.7 Å². The second-order valence-electron chi connectivity index (χ2n) is 5.83. The van der Waals surface area contributed by atoms with Crippen molar-refractivity contribution < 1.29 is 23.2 Å². The molecule has 0 amide bonds. The van der Waals surface area contributed by atoms with Crippen molar-refractivity contribution in [1.29, 1.82) is 0 Å². The van der Waals surface area contributed by atoms with E-state index in [1.54, 1.807) is 6.07 Å². The molecule has 0 aliphatic carbocycles. The minimum Gasteiger partial charge on any atom is -0.548 e. The van der Waals surface area contributed by atoms with Gasteiger partial charge >= 0.3 is 0 Å². The average molecular weight is 388 g/mol. The first-order valence-electron chi connectivity index (χ1n) is 7.80. The number of benzene rings is 2. The normalized spacial score (nSPS) is 12.7. The number of fused-ring (bicyclic) bond motifs is 1. The van der Waals surface area contributed by atoms with E-state index >= 15 is 0 Å². The first kappa shape index (κ1) is 18.5. The molecule has 0 unspecified atom stereocenters. The Bertz CT molecular complexity index is 1070. The smallest absolute Gasteiger partial charge is 0.269 e. The first-order chi connectivity index (χ1) is 12.8. The number of aromatic nitrogens is 1. The summed E-state index contributed by atoms with van der Waals surface area (Å²) in [4.78, 5) is 24.2. The molecule has 0 aliphatic rings. The van der Waals surface area contributed by atoms with Gasteiger partial charge in [0.2, 0.25) is 10.0 Å². The van der Waals surface area contributed by atoms with E-state index in [-0.39, 0.29) is 17.0 Å². The number of nitro groups is 1. The maximum Gasteiger partial charge on any atom is 0.269 e. The lowest BCUT2D eigenvalue weighted by Crippen LogP contribution is -2.49. The van der Waals surface area contributed by atoms with E-state index in [0.29, 0.717) is 5.69 Å². The summed E-state index contributed by atoms with van der Waals surface area (Å²) in [6.07, 6.45) is -0.150. The van der Waals surface area contributed by atoms with E-state index < -0.39 is 27.0 Å². The number of nitro benzene ring substituents is 1. The summed E-state index contributed by atoms with van der Waals surface area (Å²) in [5, 5.41) is 23.0. The van der Waals surface area contributed by atoms with Crippen LogP contribution in [0.2, 0.25) is 0 Å². The minimum atomic E-state index is -4.20. The summed E-state index contributed by atoms with van der Waals surface area (Å²) in [6, 6.07) is 11.6. The zero-order valence-corrected chi connectivity index (χ0v) is 14.6. The third-order valence-electron chi connectivity index (χ3n) is 3.95. The Morgan fingerprint density at radius 3 is 2.41 bits per heavy atom. The van der Waals surface area contributed by atoms with Gasteiger partial charge in [-0.2, -0.15) is 0 Å². The lowest BCUT2D eigenvalue weighted by atomic mass is 10.1. The summed E-state index contributed by atoms with van der Waals surface area (Å²) >= 11 is 0. The van der Waals surface area contributed by atoms with Crippen molar-refractivity contribution in [2.45, 2.75) is 17.4 Å². The number of para-hydroxylation sites is 1. The molecule has 0 fully saturated rings. The van der Waals surface area contributed by atoms with E-state index in [9.17, 15) is 28.4 Å². The fraction of sp³-hybridized carbons (Fsp3) is 0.118. The number of sulfonamides is 1. The number of aliphatic carboxylic acids is 1. The maximum absolute atomic E-state index is 12.4. The summed E-state index contributed by atoms with van der Waals surface area (Å²) in [5.74, 6) is -1.58. The predicted octanol–water partition coefficient (Wildman–Crippen LogP) is 0.716. The molecule has 0 radical (unpaired) electrons. The van der Waals surface area contributed by atoms with E-state index in [0.717, 1.165) is 35.2 Å². The zero-order valence-electron chi connectivity index (χ0n) is 13.8. The van der Waals surface area contributed by atoms with E-state index in [2.05, 4.69) is 9.71 Å². The van der Waals surface area contributed by atoms with Crippen LogP contribution < -0.4 is 9.83 Å². The van der Waals surface area contributed by atoms with Crippen molar-refractivity contribution in [2.75, 3.05) is 0 Å². The fourth-order valence-corrected chi connectivity index (χ4v) is 3.82. The van der Waals surface area contributed by atoms with Crippen LogP contribution in [0.25, 0.3) is 10.9 Å². The van der Waals surface area contributed by atoms with Crippen LogP contribution in [-0.2, 0) is 21.2 Å². The van der Waals surface area contributed by atoms with Crippen LogP contribution in [0.1, 0.15) is 5.69 Å². The predicted molar refractivity (Wildman–Crippen MR) is 94.2 cm³/mol. The van der Waals surface area contributed by atoms with Crippen molar-refractivity contribution >= 4 is 32.6 Å². The number of hydrogen-bond acceptors (Lipinski definition) is 6. The van der Waals surface area contributed by atoms with E-state index in [1.807, 2.05) is 24.3 Å². The number of carboxylic acid groups (broad SMARTS) is 1. The molecule has 0 bridgehead atoms. The molecule has 27 heavy (non-hydrogen) atoms. The van der Waals surface area contributed by atoms with Gasteiger partial charge < -0.3 is 14.9 Å². The largest absolute Gasteiger partial charge is 0.548 e. The molecule has 0 aliphatic heterocycles. The minimum absolute atomic E-state index is 0.150. The number of aromatic amines is 1. The van der Waals surface area contributed by atoms with Crippen LogP contribution in [0.3, 0.4) is 0 Å². The van der Waals surface area contributed by atoms with Gasteiger partial charge in [0, 0.05) is 29.8 Å². The molecule has 1 atom stereocenters. The molecule has 2 N–H and O–H groups in total. The van der Waals surface area contributed by atoms with Gasteiger partial charge in [0.15, 0.2) is 0 Å². The molecular weight excluding hydrogens is 374 g/mol. The second-order valence-corrected chi connectivity index (χ2v) is 7.54. The van der Waals surface area contributed by atoms with E-state index in [1.165, 1.54) is 0 Å². The molecule has 0 spiro atoms. The Morgan fingerprint density at radius 2 is 1.81 bits per heavy atom. The quantitative estimate of drug-likeness (QED) is 0.450. The highest BCUT2D eigenvalue weighted by atomic mass is 32.2. The molecule has 1 aromatic heterocycles. The van der Waals surface area contributed by atoms with Gasteiger partial charge in [0.05, 0.1) is 21.8 Å². The number of nitrogens with one attached hydrogen (secondary N) is 2. The maximum atomic E-state index is 12.4. The van der Waals surface area contributed by atoms with Gasteiger partial charge in [0.1, 0.15) is 0 Å². The van der Waals surface area contributed by atoms with Crippen LogP contribution in [0.5, 0.6) is 0 Å². The number of hydrogen-bond donors (Lipinski definition) is 2. The van der Waals surface area contributed by atoms with Crippen LogP contribution in [0, 0.1) is 10.1 Å². The number of nitrogens with zero attached hydrogens (tertiary/aromatic N) is 1. The summed E-state index contributed by atoms with van der Waals surface area (Å²) in [7, 11) is -4.20. The summed E-state index contributed by atoms with van der Waals surface area (Å²) in [5.41, 5.74) is 1.04. The average Bonchev–Trinajstić information content (AvgIpc) is 3.03. The third kappa shape index (κ3) is 4.13. The molecule has 3 rings (SSSR count). The highest BCUT2D eigenvalue weighted by Gasteiger charge is 2.22. The van der Waals surface area contributed by atoms with Crippen molar-refractivity contribution in [1.82, 2.24) is 9.71 Å². The van der Waals surface area contributed by atoms with Crippen LogP contribution in [0.4, 0.5) is 5.69 Å². The highest BCUT2D eigenvalue weighted by molar-refractivity contribution is 7.89. The fourth-order valence-electron chi connectivity index (χ4n) is 2.64. The Morgan fingerprint density at radius 1 is 1.15 bits per heavy atom. The van der Waals surface area contributed by atoms with Gasteiger partial charge in [-0.1, -0.05) is 18.2 Å². The van der Waals surface area contributed by atoms with Crippen molar-refractivity contribution in [2.24, 2.45) is 0 Å². The molecule has 2 aromatic carbocycles. The Balaban J connectivity index is 1.82. The lowest BCUT2D eigenvalue weighted by Gasteiger charge is -2.19. The summed E-state index contributed by atoms with van der Waals surface area (Å²) < 4.78 is 26.9. The molecule has 0 saturated heterocycles. The van der Waals surface area contributed by atoms with Crippen LogP contribution in [-0.4, -0.2) is 30.3 Å². The SMILES string of the molecule is O=C([O-])[C@@H](Cc1cc2ccccc2[nH]1)NS(=O)(=O)c1ccc([N+](=O)[O-])cc1. The molecule has 3 aromatic rings. The van der Waals surface area contributed by atoms with Gasteiger partial charge in [0.25, 0.3) is 5.69 Å². The van der Waals surface area contributed by atoms with Gasteiger partial charge in [-0.15, -0.1) is 0 Å². The van der Waals surface area contributed by atoms with Crippen LogP contribution >= 0.6 is 0 Å². The number of non-ortho nitro benzene ring substituents is 1. The standard InChI is InChI=1S/C17H15N3O6S/c21-17(22)16(10-12-9-11-3-1-2-4-15(11)18-12)19-27(25,26)14-7-5-13(6-8-14)20(23)24/h1-9,16,18-19H,10H2,(H,21,22)/p-1/t16-/m1/s1. The first-order valence-corrected chi connectivity index (χ1v) is 9.29. The lowest BCUT2D eigenvalue weighted by molar-refractivity contribution is -0.384. The third-order valence-corrected chi connectivity index (χ3v) is 5.44. The number of H-pyrrole nitrogens is 1. The molecular formula is C17H14N3O6S-. The zero-order chi connectivity index (χ0) is 19.6. The number of carboxylic acids is 1. The van der Waals surface area contributed by atoms with Crippen molar-refractivity contribution in [3.8, 4) is 0 Å². The Labute approximate surface area is 153 Å². The van der Waals surface area contributed by atoms with Crippen molar-refractivity contribution in [3.05, 3.63) is 70.4 Å². The number of carbonyl (C=O) groups excluding carboxylic acids is 1. The topological polar surface area (TPSA) is 145 Å². The second kappa shape index (κ2) is 7.17. The molecule has 9 nitrogen and oxygen atoms in total. The van der Waals surface area contributed by atoms with Crippen LogP contribution in [0.15, 0.2) is 59.5 Å². The Hall–Kier alpha value is -3.24. The molecule has 1 heterocycles. The molecule has 10 heteroatoms. The number of rotatable bonds is 7. The van der Waals surface area contributed by atoms with Gasteiger partial charge in [-0.3, -0.25) is 10.1 Å². The monoisotopic (exact) mass is 388 g/mol. The Kier molecular flexibility index (Phi) is 4.93. The van der Waals surface area contributed by atoms with Gasteiger partial charge in [-0.25, -0.2) is 13.1 Å². The van der Waals surface area contributed by atoms with Crippen molar-refractivity contribution in [3.63, 3.8) is 0 Å². The van der Waals surface area contributed by atoms with E-state index in [4.69, 9.17) is 0 Å². The highest BCUT2D eigenvalue weighted by Crippen LogP contribution is 2.18. The molecule has 0 saturated carbocycles. The number of carbonyl (C=O) groups is 1.